The largest absolute Gasteiger partial charge is 3.00 e. The van der Waals surface area contributed by atoms with E-state index in [0.29, 0.717) is 5.69 Å². The van der Waals surface area contributed by atoms with Crippen molar-refractivity contribution in [3.05, 3.63) is 155 Å². The molecule has 0 fully saturated rings. The Bertz CT molecular complexity index is 1380. The first kappa shape index (κ1) is 65.2. The van der Waals surface area contributed by atoms with Crippen molar-refractivity contribution in [3.63, 3.8) is 0 Å². The zero-order valence-electron chi connectivity index (χ0n) is 39.3. The molecule has 0 aliphatic heterocycles. The molecular weight excluding hydrogens is 874 g/mol. The number of benzene rings is 4. The summed E-state index contributed by atoms with van der Waals surface area (Å²) in [5.74, 6) is 0. The van der Waals surface area contributed by atoms with Crippen molar-refractivity contribution in [2.75, 3.05) is 0 Å². The Kier molecular flexibility index (Phi) is 35.6. The molecule has 0 heterocycles. The van der Waals surface area contributed by atoms with E-state index < -0.39 is 0 Å². The second kappa shape index (κ2) is 29.5. The van der Waals surface area contributed by atoms with Crippen LogP contribution in [0.25, 0.3) is 11.9 Å². The van der Waals surface area contributed by atoms with Gasteiger partial charge in [-0.05, 0) is 114 Å². The molecule has 0 radical (unpaired) electrons. The standard InChI is InChI=1S/C11H15Br.C11H16N.2C11H15.C3H8.2CH3.H2N.2Y/c2*1-6-7(2)9(4)11(12)10(5)8(6)3;2*1-7-6-8(2)10(4)11(5)9(7)3;1-3-2;;;;;/h1-5H3;12H,1-5H3;2*1-5H3;3H2,1-2H3;2*1H3;1H2;;/q;3*-1;;3*-1;2*+3. The van der Waals surface area contributed by atoms with Crippen molar-refractivity contribution >= 4 is 21.6 Å². The fourth-order valence-electron chi connectivity index (χ4n) is 5.58. The predicted octanol–water partition coefficient (Wildman–Crippen LogP) is 17.0. The molecule has 0 saturated heterocycles. The monoisotopic (exact) mass is 950 g/mol. The van der Waals surface area contributed by atoms with Crippen molar-refractivity contribution in [3.8, 4) is 0 Å². The van der Waals surface area contributed by atoms with Crippen LogP contribution in [0, 0.1) is 165 Å². The molecule has 0 saturated carbocycles. The molecule has 4 aromatic rings. The number of hydrogen-bond donors (Lipinski definition) is 0. The number of aryl methyl sites for hydroxylation is 4. The second-order valence-electron chi connectivity index (χ2n) is 14.1. The molecule has 4 aromatic carbocycles. The van der Waals surface area contributed by atoms with Crippen molar-refractivity contribution in [1.82, 2.24) is 0 Å². The van der Waals surface area contributed by atoms with E-state index in [1.807, 2.05) is 13.8 Å². The molecule has 54 heavy (non-hydrogen) atoms. The molecule has 2 nitrogen and oxygen atoms in total. The van der Waals surface area contributed by atoms with Crippen LogP contribution in [0.4, 0.5) is 5.69 Å². The quantitative estimate of drug-likeness (QED) is 0.158. The van der Waals surface area contributed by atoms with Crippen molar-refractivity contribution < 1.29 is 65.4 Å². The van der Waals surface area contributed by atoms with Gasteiger partial charge in [0.15, 0.2) is 0 Å². The van der Waals surface area contributed by atoms with Crippen LogP contribution in [0.2, 0.25) is 0 Å². The first-order valence-corrected chi connectivity index (χ1v) is 18.6. The molecular formula is C49H77BrN2Y2. The molecule has 4 rings (SSSR count). The number of hydrogen-bond acceptors (Lipinski definition) is 0. The number of rotatable bonds is 0. The van der Waals surface area contributed by atoms with Crippen LogP contribution in [-0.4, -0.2) is 0 Å². The van der Waals surface area contributed by atoms with Crippen molar-refractivity contribution in [2.45, 2.75) is 159 Å². The summed E-state index contributed by atoms with van der Waals surface area (Å²) < 4.78 is 1.27. The Morgan fingerprint density at radius 3 is 0.704 bits per heavy atom. The average molecular weight is 952 g/mol. The van der Waals surface area contributed by atoms with Crippen LogP contribution in [0.15, 0.2) is 4.47 Å². The average Bonchev–Trinajstić information content (AvgIpc) is 3.07. The maximum Gasteiger partial charge on any atom is 3.00 e. The molecule has 0 atom stereocenters. The predicted molar refractivity (Wildman–Crippen MR) is 244 cm³/mol. The summed E-state index contributed by atoms with van der Waals surface area (Å²) in [6.07, 6.45) is 1.25. The fraction of sp³-hybridized carbons (Fsp3) is 0.469. The van der Waals surface area contributed by atoms with Gasteiger partial charge >= 0.3 is 65.4 Å². The summed E-state index contributed by atoms with van der Waals surface area (Å²) in [5.41, 5.74) is 35.1. The minimum Gasteiger partial charge on any atom is -0.698 e. The summed E-state index contributed by atoms with van der Waals surface area (Å²) in [5, 5.41) is 0. The van der Waals surface area contributed by atoms with Gasteiger partial charge in [0.25, 0.3) is 0 Å². The van der Waals surface area contributed by atoms with E-state index in [9.17, 15) is 0 Å². The SMILES string of the molecule is CCC.Cc1[c-]c(C)c(C)c(C)c1C.Cc1[c-]c(C)c(C)c(C)c1C.Cc1c(C)c(C)c(Br)c(C)c1C.Cc1c(C)c(C)c([NH-])c(C)c1C.[CH3-].[CH3-].[NH2-].[Y+3].[Y+3]. The number of nitrogens with two attached hydrogens (primary N) is 1. The van der Waals surface area contributed by atoms with Crippen molar-refractivity contribution in [2.24, 2.45) is 0 Å². The first-order chi connectivity index (χ1) is 22.4. The minimum absolute atomic E-state index is 0. The van der Waals surface area contributed by atoms with Gasteiger partial charge in [0.05, 0.1) is 0 Å². The summed E-state index contributed by atoms with van der Waals surface area (Å²) in [6, 6.07) is 6.70. The molecule has 0 amide bonds. The molecule has 296 valence electrons. The van der Waals surface area contributed by atoms with E-state index in [-0.39, 0.29) is 86.4 Å². The molecule has 0 bridgehead atoms. The van der Waals surface area contributed by atoms with Crippen LogP contribution in [0.3, 0.4) is 0 Å². The van der Waals surface area contributed by atoms with Gasteiger partial charge in [-0.15, -0.1) is 5.69 Å². The van der Waals surface area contributed by atoms with Gasteiger partial charge in [-0.2, -0.15) is 67.8 Å². The summed E-state index contributed by atoms with van der Waals surface area (Å²) in [4.78, 5) is 0. The van der Waals surface area contributed by atoms with Gasteiger partial charge in [-0.25, -0.2) is 0 Å². The summed E-state index contributed by atoms with van der Waals surface area (Å²) in [7, 11) is 0. The van der Waals surface area contributed by atoms with E-state index in [1.165, 1.54) is 111 Å². The van der Waals surface area contributed by atoms with Crippen LogP contribution in [-0.2, 0) is 65.4 Å². The Labute approximate surface area is 396 Å². The van der Waals surface area contributed by atoms with Gasteiger partial charge in [0.1, 0.15) is 0 Å². The molecule has 0 unspecified atom stereocenters. The molecule has 0 aromatic heterocycles. The van der Waals surface area contributed by atoms with Crippen molar-refractivity contribution in [1.29, 1.82) is 0 Å². The fourth-order valence-corrected chi connectivity index (χ4v) is 6.17. The van der Waals surface area contributed by atoms with Gasteiger partial charge in [0, 0.05) is 4.47 Å². The first-order valence-electron chi connectivity index (χ1n) is 17.9. The molecule has 0 spiro atoms. The molecule has 5 heteroatoms. The number of nitrogens with one attached hydrogen (secondary N) is 1. The molecule has 0 aliphatic carbocycles. The Morgan fingerprint density at radius 1 is 0.352 bits per heavy atom. The Hall–Kier alpha value is -0.672. The van der Waals surface area contributed by atoms with Crippen LogP contribution in [0.1, 0.15) is 132 Å². The van der Waals surface area contributed by atoms with Gasteiger partial charge < -0.3 is 26.7 Å². The topological polar surface area (TPSA) is 57.3 Å². The van der Waals surface area contributed by atoms with E-state index >= 15 is 0 Å². The van der Waals surface area contributed by atoms with E-state index in [0.717, 1.165) is 11.1 Å². The maximum atomic E-state index is 7.82. The van der Waals surface area contributed by atoms with Crippen LogP contribution in [0.5, 0.6) is 0 Å². The van der Waals surface area contributed by atoms with E-state index in [2.05, 4.69) is 167 Å². The van der Waals surface area contributed by atoms with Gasteiger partial charge in [0.2, 0.25) is 0 Å². The minimum atomic E-state index is 0. The van der Waals surface area contributed by atoms with Crippen LogP contribution >= 0.6 is 15.9 Å². The van der Waals surface area contributed by atoms with E-state index in [4.69, 9.17) is 5.73 Å². The number of halogens is 1. The maximum absolute atomic E-state index is 7.82. The molecule has 0 aliphatic rings. The van der Waals surface area contributed by atoms with Crippen LogP contribution < -0.4 is 0 Å². The Morgan fingerprint density at radius 2 is 0.500 bits per heavy atom. The normalized spacial score (nSPS) is 9.17. The van der Waals surface area contributed by atoms with Gasteiger partial charge in [-0.1, -0.05) is 117 Å². The molecule has 3 N–H and O–H groups in total. The smallest absolute Gasteiger partial charge is 0.698 e. The third-order valence-corrected chi connectivity index (χ3v) is 12.3. The zero-order valence-corrected chi connectivity index (χ0v) is 46.6. The zero-order chi connectivity index (χ0) is 38.8. The Balaban J connectivity index is -0.000000135. The third kappa shape index (κ3) is 17.0. The van der Waals surface area contributed by atoms with Gasteiger partial charge in [-0.3, -0.25) is 0 Å². The second-order valence-corrected chi connectivity index (χ2v) is 14.9. The summed E-state index contributed by atoms with van der Waals surface area (Å²) in [6.45, 7) is 47.0. The van der Waals surface area contributed by atoms with E-state index in [1.54, 1.807) is 0 Å². The summed E-state index contributed by atoms with van der Waals surface area (Å²) >= 11 is 3.61. The third-order valence-electron chi connectivity index (χ3n) is 11.2.